The van der Waals surface area contributed by atoms with Crippen molar-refractivity contribution < 1.29 is 4.74 Å². The fraction of sp³-hybridized carbons (Fsp3) is 0.385. The molecule has 1 unspecified atom stereocenters. The van der Waals surface area contributed by atoms with Crippen LogP contribution in [0.5, 0.6) is 0 Å². The molecule has 1 aromatic carbocycles. The fourth-order valence-corrected chi connectivity index (χ4v) is 1.62. The summed E-state index contributed by atoms with van der Waals surface area (Å²) in [5.41, 5.74) is 2.18. The van der Waals surface area contributed by atoms with Crippen LogP contribution in [0, 0.1) is 6.92 Å². The van der Waals surface area contributed by atoms with E-state index in [1.54, 1.807) is 11.8 Å². The molecule has 2 rings (SSSR count). The van der Waals surface area contributed by atoms with Gasteiger partial charge in [-0.25, -0.2) is 4.98 Å². The van der Waals surface area contributed by atoms with Crippen molar-refractivity contribution in [2.45, 2.75) is 20.0 Å². The van der Waals surface area contributed by atoms with Crippen molar-refractivity contribution in [3.8, 4) is 11.4 Å². The second kappa shape index (κ2) is 4.67. The molecule has 2 aromatic rings. The van der Waals surface area contributed by atoms with Crippen molar-refractivity contribution in [2.24, 2.45) is 7.05 Å². The highest BCUT2D eigenvalue weighted by atomic mass is 16.5. The number of ether oxygens (including phenoxy) is 1. The molecule has 4 nitrogen and oxygen atoms in total. The molecule has 0 aliphatic heterocycles. The van der Waals surface area contributed by atoms with Gasteiger partial charge in [-0.15, -0.1) is 0 Å². The zero-order valence-electron chi connectivity index (χ0n) is 10.6. The molecule has 0 spiro atoms. The summed E-state index contributed by atoms with van der Waals surface area (Å²) in [7, 11) is 3.61. The highest BCUT2D eigenvalue weighted by Gasteiger charge is 2.07. The second-order valence-electron chi connectivity index (χ2n) is 4.11. The Hall–Kier alpha value is -1.68. The Labute approximate surface area is 101 Å². The minimum absolute atomic E-state index is 0.113. The van der Waals surface area contributed by atoms with E-state index in [2.05, 4.69) is 22.2 Å². The third-order valence-electron chi connectivity index (χ3n) is 2.97. The molecule has 0 fully saturated rings. The van der Waals surface area contributed by atoms with E-state index in [4.69, 9.17) is 4.74 Å². The molecule has 0 saturated heterocycles. The number of methoxy groups -OCH3 is 1. The average molecular weight is 231 g/mol. The van der Waals surface area contributed by atoms with Gasteiger partial charge in [0.05, 0.1) is 6.10 Å². The third-order valence-corrected chi connectivity index (χ3v) is 2.97. The third kappa shape index (κ3) is 2.36. The Morgan fingerprint density at radius 3 is 2.35 bits per heavy atom. The van der Waals surface area contributed by atoms with Crippen LogP contribution in [-0.4, -0.2) is 21.9 Å². The van der Waals surface area contributed by atoms with E-state index in [9.17, 15) is 0 Å². The lowest BCUT2D eigenvalue weighted by molar-refractivity contribution is 0.119. The SMILES string of the molecule is COC(C)c1ccc(-c2nc(C)n(C)n2)cc1. The molecule has 0 amide bonds. The molecule has 0 radical (unpaired) electrons. The molecule has 1 aromatic heterocycles. The number of hydrogen-bond donors (Lipinski definition) is 0. The largest absolute Gasteiger partial charge is 0.377 e. The van der Waals surface area contributed by atoms with Gasteiger partial charge in [0.25, 0.3) is 0 Å². The summed E-state index contributed by atoms with van der Waals surface area (Å²) in [5, 5.41) is 4.35. The van der Waals surface area contributed by atoms with Crippen molar-refractivity contribution in [1.29, 1.82) is 0 Å². The lowest BCUT2D eigenvalue weighted by atomic mass is 10.1. The van der Waals surface area contributed by atoms with E-state index < -0.39 is 0 Å². The Kier molecular flexibility index (Phi) is 3.24. The van der Waals surface area contributed by atoms with Gasteiger partial charge in [0, 0.05) is 19.7 Å². The first-order valence-electron chi connectivity index (χ1n) is 5.62. The zero-order chi connectivity index (χ0) is 12.4. The summed E-state index contributed by atoms with van der Waals surface area (Å²) >= 11 is 0. The summed E-state index contributed by atoms with van der Waals surface area (Å²) in [5.74, 6) is 1.68. The Bertz CT molecular complexity index is 482. The van der Waals surface area contributed by atoms with E-state index in [1.165, 1.54) is 0 Å². The summed E-state index contributed by atoms with van der Waals surface area (Å²) in [6.45, 7) is 3.97. The van der Waals surface area contributed by atoms with E-state index in [0.717, 1.165) is 22.8 Å². The predicted octanol–water partition coefficient (Wildman–Crippen LogP) is 2.50. The maximum Gasteiger partial charge on any atom is 0.181 e. The molecular weight excluding hydrogens is 214 g/mol. The molecule has 0 saturated carbocycles. The van der Waals surface area contributed by atoms with Crippen LogP contribution in [0.4, 0.5) is 0 Å². The Morgan fingerprint density at radius 2 is 1.88 bits per heavy atom. The van der Waals surface area contributed by atoms with Gasteiger partial charge in [-0.2, -0.15) is 5.10 Å². The highest BCUT2D eigenvalue weighted by molar-refractivity contribution is 5.55. The van der Waals surface area contributed by atoms with Crippen molar-refractivity contribution in [3.05, 3.63) is 35.7 Å². The minimum atomic E-state index is 0.113. The molecule has 0 bridgehead atoms. The van der Waals surface area contributed by atoms with E-state index in [1.807, 2.05) is 33.0 Å². The summed E-state index contributed by atoms with van der Waals surface area (Å²) in [4.78, 5) is 4.40. The first-order chi connectivity index (χ1) is 8.11. The van der Waals surface area contributed by atoms with Crippen LogP contribution in [0.3, 0.4) is 0 Å². The molecule has 0 N–H and O–H groups in total. The van der Waals surface area contributed by atoms with Crippen LogP contribution < -0.4 is 0 Å². The number of benzene rings is 1. The number of nitrogens with zero attached hydrogens (tertiary/aromatic N) is 3. The molecule has 4 heteroatoms. The number of aromatic nitrogens is 3. The minimum Gasteiger partial charge on any atom is -0.377 e. The van der Waals surface area contributed by atoms with Gasteiger partial charge in [-0.1, -0.05) is 24.3 Å². The van der Waals surface area contributed by atoms with Gasteiger partial charge >= 0.3 is 0 Å². The highest BCUT2D eigenvalue weighted by Crippen LogP contribution is 2.20. The van der Waals surface area contributed by atoms with E-state index in [-0.39, 0.29) is 6.10 Å². The van der Waals surface area contributed by atoms with Crippen LogP contribution in [0.2, 0.25) is 0 Å². The number of rotatable bonds is 3. The molecular formula is C13H17N3O. The monoisotopic (exact) mass is 231 g/mol. The smallest absolute Gasteiger partial charge is 0.181 e. The Balaban J connectivity index is 2.29. The zero-order valence-corrected chi connectivity index (χ0v) is 10.6. The topological polar surface area (TPSA) is 39.9 Å². The maximum atomic E-state index is 5.27. The quantitative estimate of drug-likeness (QED) is 0.814. The average Bonchev–Trinajstić information content (AvgIpc) is 2.69. The lowest BCUT2D eigenvalue weighted by Gasteiger charge is -2.09. The van der Waals surface area contributed by atoms with E-state index >= 15 is 0 Å². The normalized spacial score (nSPS) is 12.7. The van der Waals surface area contributed by atoms with Crippen molar-refractivity contribution in [1.82, 2.24) is 14.8 Å². The first kappa shape index (κ1) is 11.8. The standard InChI is InChI=1S/C13H17N3O/c1-9(17-4)11-5-7-12(8-6-11)13-14-10(2)16(3)15-13/h5-9H,1-4H3. The van der Waals surface area contributed by atoms with Crippen LogP contribution in [0.25, 0.3) is 11.4 Å². The number of aryl methyl sites for hydroxylation is 2. The molecule has 1 heterocycles. The lowest BCUT2D eigenvalue weighted by Crippen LogP contribution is -1.95. The van der Waals surface area contributed by atoms with Crippen LogP contribution in [0.1, 0.15) is 24.4 Å². The van der Waals surface area contributed by atoms with Crippen LogP contribution in [0.15, 0.2) is 24.3 Å². The molecule has 1 atom stereocenters. The predicted molar refractivity (Wildman–Crippen MR) is 66.6 cm³/mol. The van der Waals surface area contributed by atoms with Crippen molar-refractivity contribution in [3.63, 3.8) is 0 Å². The molecule has 17 heavy (non-hydrogen) atoms. The van der Waals surface area contributed by atoms with Gasteiger partial charge in [-0.3, -0.25) is 4.68 Å². The Morgan fingerprint density at radius 1 is 1.24 bits per heavy atom. The van der Waals surface area contributed by atoms with Crippen LogP contribution >= 0.6 is 0 Å². The van der Waals surface area contributed by atoms with Gasteiger partial charge in [0.15, 0.2) is 5.82 Å². The van der Waals surface area contributed by atoms with Gasteiger partial charge in [0.2, 0.25) is 0 Å². The fourth-order valence-electron chi connectivity index (χ4n) is 1.62. The molecule has 0 aliphatic carbocycles. The van der Waals surface area contributed by atoms with Crippen molar-refractivity contribution >= 4 is 0 Å². The summed E-state index contributed by atoms with van der Waals surface area (Å²) < 4.78 is 7.05. The van der Waals surface area contributed by atoms with Crippen molar-refractivity contribution in [2.75, 3.05) is 7.11 Å². The second-order valence-corrected chi connectivity index (χ2v) is 4.11. The van der Waals surface area contributed by atoms with E-state index in [0.29, 0.717) is 0 Å². The summed E-state index contributed by atoms with van der Waals surface area (Å²) in [6, 6.07) is 8.16. The van der Waals surface area contributed by atoms with Gasteiger partial charge in [0.1, 0.15) is 5.82 Å². The molecule has 90 valence electrons. The van der Waals surface area contributed by atoms with Crippen LogP contribution in [-0.2, 0) is 11.8 Å². The van der Waals surface area contributed by atoms with Gasteiger partial charge in [-0.05, 0) is 19.4 Å². The van der Waals surface area contributed by atoms with Gasteiger partial charge < -0.3 is 4.74 Å². The summed E-state index contributed by atoms with van der Waals surface area (Å²) in [6.07, 6.45) is 0.113. The molecule has 0 aliphatic rings. The maximum absolute atomic E-state index is 5.27. The first-order valence-corrected chi connectivity index (χ1v) is 5.62. The number of hydrogen-bond acceptors (Lipinski definition) is 3.